The van der Waals surface area contributed by atoms with E-state index in [1.54, 1.807) is 0 Å². The van der Waals surface area contributed by atoms with Crippen LogP contribution in [0.15, 0.2) is 158 Å². The summed E-state index contributed by atoms with van der Waals surface area (Å²) in [5, 5.41) is 34.4. The van der Waals surface area contributed by atoms with E-state index in [1.165, 1.54) is 0 Å². The first-order valence-electron chi connectivity index (χ1n) is 19.0. The van der Waals surface area contributed by atoms with Crippen molar-refractivity contribution in [2.24, 2.45) is 0 Å². The van der Waals surface area contributed by atoms with E-state index in [2.05, 4.69) is 124 Å². The van der Waals surface area contributed by atoms with Gasteiger partial charge in [-0.2, -0.15) is 15.8 Å². The number of hydrogen-bond acceptors (Lipinski definition) is 4. The number of nitriles is 3. The van der Waals surface area contributed by atoms with E-state index in [4.69, 9.17) is 4.98 Å². The maximum absolute atomic E-state index is 11.1. The Balaban J connectivity index is 1.29. The van der Waals surface area contributed by atoms with E-state index in [0.29, 0.717) is 16.7 Å². The van der Waals surface area contributed by atoms with Crippen LogP contribution < -0.4 is 0 Å². The minimum Gasteiger partial charge on any atom is -0.309 e. The van der Waals surface area contributed by atoms with Crippen molar-refractivity contribution in [3.8, 4) is 63.0 Å². The molecule has 0 spiro atoms. The number of rotatable bonds is 5. The van der Waals surface area contributed by atoms with Crippen LogP contribution in [0.1, 0.15) is 28.1 Å². The highest BCUT2D eigenvalue weighted by Crippen LogP contribution is 2.42. The van der Waals surface area contributed by atoms with Crippen LogP contribution in [-0.4, -0.2) is 14.1 Å². The van der Waals surface area contributed by atoms with Crippen LogP contribution in [0, 0.1) is 47.8 Å². The quantitative estimate of drug-likeness (QED) is 0.175. The fourth-order valence-corrected chi connectivity index (χ4v) is 8.55. The molecule has 0 atom stereocenters. The summed E-state index contributed by atoms with van der Waals surface area (Å²) in [6.07, 6.45) is 0. The van der Waals surface area contributed by atoms with Gasteiger partial charge in [0, 0.05) is 38.5 Å². The fourth-order valence-electron chi connectivity index (χ4n) is 8.55. The molecule has 10 rings (SSSR count). The number of para-hydroxylation sites is 2. The molecular weight excluding hydrogens is 709 g/mol. The van der Waals surface area contributed by atoms with Gasteiger partial charge < -0.3 is 9.13 Å². The Hall–Kier alpha value is -8.24. The Morgan fingerprint density at radius 3 is 1.33 bits per heavy atom. The third-order valence-electron chi connectivity index (χ3n) is 11.2. The van der Waals surface area contributed by atoms with Crippen molar-refractivity contribution >= 4 is 43.6 Å². The number of aryl methyl sites for hydroxylation is 2. The molecule has 10 aromatic rings. The first kappa shape index (κ1) is 34.3. The minimum atomic E-state index is 0.529. The zero-order valence-electron chi connectivity index (χ0n) is 31.7. The van der Waals surface area contributed by atoms with Crippen LogP contribution in [0.4, 0.5) is 0 Å². The summed E-state index contributed by atoms with van der Waals surface area (Å²) in [6, 6.07) is 60.6. The molecule has 6 heteroatoms. The monoisotopic (exact) mass is 740 g/mol. The largest absolute Gasteiger partial charge is 0.309 e. The van der Waals surface area contributed by atoms with E-state index in [0.717, 1.165) is 99.8 Å². The van der Waals surface area contributed by atoms with E-state index < -0.39 is 0 Å². The molecule has 3 aromatic heterocycles. The third kappa shape index (κ3) is 5.50. The predicted molar refractivity (Wildman–Crippen MR) is 233 cm³/mol. The fraction of sp³-hybridized carbons (Fsp3) is 0.0385. The average molecular weight is 741 g/mol. The SMILES string of the molecule is Cc1cc(-c2cc(-n3c4ccccc4c4ccc(-c5ccc(C#N)cc5)cc43)c(C#N)cc2-n2c3ccccc3c3ccc(-c4ccc(C#N)cc4)cc32)cc(C)n1. The van der Waals surface area contributed by atoms with Crippen LogP contribution in [0.5, 0.6) is 0 Å². The van der Waals surface area contributed by atoms with Crippen LogP contribution in [0.3, 0.4) is 0 Å². The zero-order chi connectivity index (χ0) is 39.5. The summed E-state index contributed by atoms with van der Waals surface area (Å²) in [4.78, 5) is 4.74. The topological polar surface area (TPSA) is 94.1 Å². The molecule has 58 heavy (non-hydrogen) atoms. The lowest BCUT2D eigenvalue weighted by Crippen LogP contribution is -2.04. The van der Waals surface area contributed by atoms with Crippen molar-refractivity contribution < 1.29 is 0 Å². The number of nitrogens with zero attached hydrogens (tertiary/aromatic N) is 6. The molecule has 0 N–H and O–H groups in total. The number of hydrogen-bond donors (Lipinski definition) is 0. The van der Waals surface area contributed by atoms with Crippen molar-refractivity contribution in [1.29, 1.82) is 15.8 Å². The average Bonchev–Trinajstić information content (AvgIpc) is 3.77. The molecule has 270 valence electrons. The Morgan fingerprint density at radius 2 is 0.845 bits per heavy atom. The molecular formula is C52H32N6. The van der Waals surface area contributed by atoms with E-state index in [9.17, 15) is 15.8 Å². The molecule has 6 nitrogen and oxygen atoms in total. The second-order valence-electron chi connectivity index (χ2n) is 14.7. The molecule has 3 heterocycles. The molecule has 0 fully saturated rings. The maximum atomic E-state index is 11.1. The summed E-state index contributed by atoms with van der Waals surface area (Å²) in [7, 11) is 0. The van der Waals surface area contributed by atoms with Gasteiger partial charge in [-0.25, -0.2) is 0 Å². The van der Waals surface area contributed by atoms with Crippen molar-refractivity contribution in [3.05, 3.63) is 186 Å². The summed E-state index contributed by atoms with van der Waals surface area (Å²) in [5.41, 5.74) is 15.2. The Bertz CT molecular complexity index is 3410. The van der Waals surface area contributed by atoms with Gasteiger partial charge in [0.05, 0.1) is 62.3 Å². The molecule has 0 radical (unpaired) electrons. The third-order valence-corrected chi connectivity index (χ3v) is 11.2. The highest BCUT2D eigenvalue weighted by molar-refractivity contribution is 6.12. The lowest BCUT2D eigenvalue weighted by atomic mass is 9.98. The molecule has 0 unspecified atom stereocenters. The first-order chi connectivity index (χ1) is 28.4. The molecule has 0 saturated carbocycles. The van der Waals surface area contributed by atoms with Crippen LogP contribution in [0.25, 0.3) is 88.4 Å². The van der Waals surface area contributed by atoms with Crippen molar-refractivity contribution in [2.45, 2.75) is 13.8 Å². The van der Waals surface area contributed by atoms with Gasteiger partial charge in [0.25, 0.3) is 0 Å². The second kappa shape index (κ2) is 13.5. The van der Waals surface area contributed by atoms with E-state index in [-0.39, 0.29) is 0 Å². The molecule has 0 aliphatic heterocycles. The Morgan fingerprint density at radius 1 is 0.397 bits per heavy atom. The van der Waals surface area contributed by atoms with Crippen LogP contribution in [0.2, 0.25) is 0 Å². The zero-order valence-corrected chi connectivity index (χ0v) is 31.7. The predicted octanol–water partition coefficient (Wildman–Crippen LogP) is 12.5. The van der Waals surface area contributed by atoms with Gasteiger partial charge in [0.1, 0.15) is 6.07 Å². The number of benzene rings is 7. The van der Waals surface area contributed by atoms with Gasteiger partial charge in [-0.05, 0) is 114 Å². The van der Waals surface area contributed by atoms with Gasteiger partial charge in [0.2, 0.25) is 0 Å². The van der Waals surface area contributed by atoms with Crippen molar-refractivity contribution in [1.82, 2.24) is 14.1 Å². The van der Waals surface area contributed by atoms with Crippen LogP contribution in [-0.2, 0) is 0 Å². The minimum absolute atomic E-state index is 0.529. The molecule has 0 saturated heterocycles. The molecule has 0 amide bonds. The normalized spacial score (nSPS) is 11.2. The summed E-state index contributed by atoms with van der Waals surface area (Å²) < 4.78 is 4.51. The Labute approximate surface area is 335 Å². The van der Waals surface area contributed by atoms with Gasteiger partial charge in [-0.1, -0.05) is 84.9 Å². The van der Waals surface area contributed by atoms with E-state index >= 15 is 0 Å². The number of aromatic nitrogens is 3. The standard InChI is InChI=1S/C52H32N6/c1-32-23-40(24-33(2)56-32)46-28-49(57-47-9-5-3-7-42(47)44-21-19-38(25-50(44)57)36-15-11-34(29-53)12-16-36)41(31-55)27-52(46)58-48-10-6-4-8-43(48)45-22-20-39(26-51(45)58)37-17-13-35(30-54)14-18-37/h3-28H,1-2H3. The number of pyridine rings is 1. The van der Waals surface area contributed by atoms with Crippen LogP contribution >= 0.6 is 0 Å². The lowest BCUT2D eigenvalue weighted by Gasteiger charge is -2.19. The highest BCUT2D eigenvalue weighted by Gasteiger charge is 2.23. The number of fused-ring (bicyclic) bond motifs is 6. The summed E-state index contributed by atoms with van der Waals surface area (Å²) in [6.45, 7) is 4.03. The Kier molecular flexibility index (Phi) is 7.98. The maximum Gasteiger partial charge on any atom is 0.101 e. The van der Waals surface area contributed by atoms with Crippen molar-refractivity contribution in [2.75, 3.05) is 0 Å². The van der Waals surface area contributed by atoms with Gasteiger partial charge >= 0.3 is 0 Å². The van der Waals surface area contributed by atoms with E-state index in [1.807, 2.05) is 74.5 Å². The molecule has 0 aliphatic rings. The molecule has 7 aromatic carbocycles. The molecule has 0 aliphatic carbocycles. The lowest BCUT2D eigenvalue weighted by molar-refractivity contribution is 1.11. The van der Waals surface area contributed by atoms with Gasteiger partial charge in [-0.3, -0.25) is 4.98 Å². The van der Waals surface area contributed by atoms with Gasteiger partial charge in [0.15, 0.2) is 0 Å². The van der Waals surface area contributed by atoms with Crippen molar-refractivity contribution in [3.63, 3.8) is 0 Å². The first-order valence-corrected chi connectivity index (χ1v) is 19.0. The smallest absolute Gasteiger partial charge is 0.101 e. The molecule has 0 bridgehead atoms. The summed E-state index contributed by atoms with van der Waals surface area (Å²) >= 11 is 0. The summed E-state index contributed by atoms with van der Waals surface area (Å²) in [5.74, 6) is 0. The second-order valence-corrected chi connectivity index (χ2v) is 14.7. The highest BCUT2D eigenvalue weighted by atomic mass is 15.0. The van der Waals surface area contributed by atoms with Gasteiger partial charge in [-0.15, -0.1) is 0 Å².